The van der Waals surface area contributed by atoms with Gasteiger partial charge in [-0.05, 0) is 25.1 Å². The van der Waals surface area contributed by atoms with Crippen LogP contribution in [0.2, 0.25) is 5.02 Å². The lowest BCUT2D eigenvalue weighted by Gasteiger charge is -2.15. The van der Waals surface area contributed by atoms with E-state index in [1.165, 1.54) is 18.5 Å². The Morgan fingerprint density at radius 2 is 2.35 bits per heavy atom. The fourth-order valence-corrected chi connectivity index (χ4v) is 1.79. The smallest absolute Gasteiger partial charge is 0.319 e. The van der Waals surface area contributed by atoms with Crippen molar-refractivity contribution < 1.29 is 9.18 Å². The minimum absolute atomic E-state index is 0.177. The number of rotatable bonds is 4. The molecule has 2 aromatic rings. The zero-order valence-electron chi connectivity index (χ0n) is 10.7. The first-order valence-electron chi connectivity index (χ1n) is 5.89. The number of nitrogens with one attached hydrogen (secondary N) is 2. The summed E-state index contributed by atoms with van der Waals surface area (Å²) in [6, 6.07) is 3.11. The van der Waals surface area contributed by atoms with Crippen LogP contribution in [0, 0.1) is 5.82 Å². The summed E-state index contributed by atoms with van der Waals surface area (Å²) in [6.07, 6.45) is 2.97. The van der Waals surface area contributed by atoms with Crippen LogP contribution in [0.15, 0.2) is 30.9 Å². The molecule has 8 heteroatoms. The third kappa shape index (κ3) is 3.92. The molecule has 1 heterocycles. The molecule has 0 bridgehead atoms. The van der Waals surface area contributed by atoms with Gasteiger partial charge in [0.1, 0.15) is 18.5 Å². The Bertz CT molecular complexity index is 590. The fraction of sp³-hybridized carbons (Fsp3) is 0.250. The van der Waals surface area contributed by atoms with Gasteiger partial charge in [0.05, 0.1) is 17.3 Å². The van der Waals surface area contributed by atoms with Crippen molar-refractivity contribution in [2.45, 2.75) is 19.5 Å². The first-order chi connectivity index (χ1) is 9.54. The number of hydrogen-bond acceptors (Lipinski definition) is 3. The summed E-state index contributed by atoms with van der Waals surface area (Å²) in [5, 5.41) is 9.39. The van der Waals surface area contributed by atoms with Crippen LogP contribution in [-0.4, -0.2) is 26.8 Å². The zero-order valence-corrected chi connectivity index (χ0v) is 11.4. The number of urea groups is 1. The highest BCUT2D eigenvalue weighted by Crippen LogP contribution is 2.22. The Hall–Kier alpha value is -2.15. The number of benzene rings is 1. The third-order valence-electron chi connectivity index (χ3n) is 2.48. The van der Waals surface area contributed by atoms with Crippen molar-refractivity contribution in [3.8, 4) is 0 Å². The van der Waals surface area contributed by atoms with E-state index in [2.05, 4.69) is 20.7 Å². The average molecular weight is 298 g/mol. The van der Waals surface area contributed by atoms with Gasteiger partial charge in [-0.2, -0.15) is 5.10 Å². The molecule has 0 aliphatic carbocycles. The minimum Gasteiger partial charge on any atom is -0.334 e. The number of halogens is 2. The Balaban J connectivity index is 1.90. The van der Waals surface area contributed by atoms with Gasteiger partial charge in [-0.15, -0.1) is 0 Å². The van der Waals surface area contributed by atoms with E-state index < -0.39 is 11.8 Å². The Morgan fingerprint density at radius 1 is 1.55 bits per heavy atom. The zero-order chi connectivity index (χ0) is 14.5. The molecule has 0 aliphatic rings. The van der Waals surface area contributed by atoms with Crippen LogP contribution in [0.25, 0.3) is 0 Å². The van der Waals surface area contributed by atoms with Crippen molar-refractivity contribution in [2.24, 2.45) is 0 Å². The molecular weight excluding hydrogens is 285 g/mol. The van der Waals surface area contributed by atoms with Crippen molar-refractivity contribution in [2.75, 3.05) is 5.32 Å². The van der Waals surface area contributed by atoms with Gasteiger partial charge < -0.3 is 10.6 Å². The van der Waals surface area contributed by atoms with E-state index >= 15 is 0 Å². The monoisotopic (exact) mass is 297 g/mol. The Kier molecular flexibility index (Phi) is 4.52. The molecular formula is C12H13ClFN5O. The standard InChI is InChI=1S/C12H13ClFN5O/c1-8(5-19-7-15-6-16-19)17-12(20)18-11-4-9(14)2-3-10(11)13/h2-4,6-8H,5H2,1H3,(H2,17,18,20)/t8-/m1/s1. The molecule has 1 aromatic carbocycles. The quantitative estimate of drug-likeness (QED) is 0.909. The summed E-state index contributed by atoms with van der Waals surface area (Å²) in [5.74, 6) is -0.472. The first-order valence-corrected chi connectivity index (χ1v) is 6.27. The molecule has 1 atom stereocenters. The van der Waals surface area contributed by atoms with Gasteiger partial charge >= 0.3 is 6.03 Å². The lowest BCUT2D eigenvalue weighted by Crippen LogP contribution is -2.38. The normalized spacial score (nSPS) is 11.9. The summed E-state index contributed by atoms with van der Waals surface area (Å²) in [6.45, 7) is 2.29. The van der Waals surface area contributed by atoms with Crippen LogP contribution in [0.4, 0.5) is 14.9 Å². The number of nitrogens with zero attached hydrogens (tertiary/aromatic N) is 3. The topological polar surface area (TPSA) is 71.8 Å². The molecule has 2 rings (SSSR count). The molecule has 0 unspecified atom stereocenters. The first kappa shape index (κ1) is 14.3. The van der Waals surface area contributed by atoms with Gasteiger partial charge in [-0.1, -0.05) is 11.6 Å². The van der Waals surface area contributed by atoms with Gasteiger partial charge in [0.2, 0.25) is 0 Å². The van der Waals surface area contributed by atoms with Crippen LogP contribution in [0.5, 0.6) is 0 Å². The van der Waals surface area contributed by atoms with Crippen molar-refractivity contribution in [3.63, 3.8) is 0 Å². The second-order valence-electron chi connectivity index (χ2n) is 4.24. The maximum Gasteiger partial charge on any atom is 0.319 e. The number of amides is 2. The maximum atomic E-state index is 13.1. The Morgan fingerprint density at radius 3 is 3.05 bits per heavy atom. The molecule has 0 radical (unpaired) electrons. The summed E-state index contributed by atoms with van der Waals surface area (Å²) in [7, 11) is 0. The predicted octanol–water partition coefficient (Wildman–Crippen LogP) is 2.28. The lowest BCUT2D eigenvalue weighted by atomic mass is 10.3. The summed E-state index contributed by atoms with van der Waals surface area (Å²) in [5.41, 5.74) is 0.220. The van der Waals surface area contributed by atoms with Crippen LogP contribution in [0.1, 0.15) is 6.92 Å². The van der Waals surface area contributed by atoms with E-state index in [1.807, 2.05) is 6.92 Å². The highest BCUT2D eigenvalue weighted by Gasteiger charge is 2.10. The summed E-state index contributed by atoms with van der Waals surface area (Å²) >= 11 is 5.86. The molecule has 6 nitrogen and oxygen atoms in total. The molecule has 0 aliphatic heterocycles. The maximum absolute atomic E-state index is 13.1. The Labute approximate surface area is 120 Å². The van der Waals surface area contributed by atoms with E-state index in [-0.39, 0.29) is 16.8 Å². The summed E-state index contributed by atoms with van der Waals surface area (Å²) in [4.78, 5) is 15.6. The highest BCUT2D eigenvalue weighted by atomic mass is 35.5. The molecule has 1 aromatic heterocycles. The molecule has 106 valence electrons. The van der Waals surface area contributed by atoms with Crippen LogP contribution in [0.3, 0.4) is 0 Å². The average Bonchev–Trinajstić information content (AvgIpc) is 2.86. The van der Waals surface area contributed by atoms with Gasteiger partial charge in [0.15, 0.2) is 0 Å². The third-order valence-corrected chi connectivity index (χ3v) is 2.81. The van der Waals surface area contributed by atoms with Gasteiger partial charge in [-0.3, -0.25) is 4.68 Å². The van der Waals surface area contributed by atoms with Crippen LogP contribution in [-0.2, 0) is 6.54 Å². The second kappa shape index (κ2) is 6.33. The summed E-state index contributed by atoms with van der Waals surface area (Å²) < 4.78 is 14.7. The van der Waals surface area contributed by atoms with E-state index in [0.29, 0.717) is 6.54 Å². The second-order valence-corrected chi connectivity index (χ2v) is 4.65. The molecule has 0 saturated heterocycles. The largest absolute Gasteiger partial charge is 0.334 e. The lowest BCUT2D eigenvalue weighted by molar-refractivity contribution is 0.247. The number of carbonyl (C=O) groups is 1. The number of anilines is 1. The van der Waals surface area contributed by atoms with E-state index in [4.69, 9.17) is 11.6 Å². The predicted molar refractivity (Wildman–Crippen MR) is 73.0 cm³/mol. The van der Waals surface area contributed by atoms with Crippen LogP contribution < -0.4 is 10.6 Å². The highest BCUT2D eigenvalue weighted by molar-refractivity contribution is 6.33. The van der Waals surface area contributed by atoms with Crippen molar-refractivity contribution in [3.05, 3.63) is 41.7 Å². The van der Waals surface area contributed by atoms with Gasteiger partial charge in [-0.25, -0.2) is 14.2 Å². The SMILES string of the molecule is C[C@H](Cn1cncn1)NC(=O)Nc1cc(F)ccc1Cl. The number of carbonyl (C=O) groups excluding carboxylic acids is 1. The van der Waals surface area contributed by atoms with E-state index in [0.717, 1.165) is 6.07 Å². The van der Waals surface area contributed by atoms with E-state index in [1.54, 1.807) is 11.0 Å². The molecule has 0 spiro atoms. The molecule has 2 N–H and O–H groups in total. The number of aromatic nitrogens is 3. The van der Waals surface area contributed by atoms with E-state index in [9.17, 15) is 9.18 Å². The van der Waals surface area contributed by atoms with Gasteiger partial charge in [0.25, 0.3) is 0 Å². The van der Waals surface area contributed by atoms with Crippen molar-refractivity contribution in [1.82, 2.24) is 20.1 Å². The minimum atomic E-state index is -0.472. The van der Waals surface area contributed by atoms with Crippen molar-refractivity contribution in [1.29, 1.82) is 0 Å². The number of hydrogen-bond donors (Lipinski definition) is 2. The van der Waals surface area contributed by atoms with Crippen LogP contribution >= 0.6 is 11.6 Å². The molecule has 0 saturated carbocycles. The molecule has 20 heavy (non-hydrogen) atoms. The van der Waals surface area contributed by atoms with Gasteiger partial charge in [0, 0.05) is 6.04 Å². The molecule has 2 amide bonds. The van der Waals surface area contributed by atoms with Crippen molar-refractivity contribution >= 4 is 23.3 Å². The molecule has 0 fully saturated rings. The fourth-order valence-electron chi connectivity index (χ4n) is 1.63.